The number of halogens is 2. The van der Waals surface area contributed by atoms with Crippen molar-refractivity contribution in [1.82, 2.24) is 29.4 Å². The van der Waals surface area contributed by atoms with Crippen molar-refractivity contribution >= 4 is 23.4 Å². The summed E-state index contributed by atoms with van der Waals surface area (Å²) in [7, 11) is 1.78. The smallest absolute Gasteiger partial charge is 0.320 e. The summed E-state index contributed by atoms with van der Waals surface area (Å²) in [6.07, 6.45) is 4.74. The summed E-state index contributed by atoms with van der Waals surface area (Å²) in [4.78, 5) is 30.8. The molecule has 1 fully saturated rings. The summed E-state index contributed by atoms with van der Waals surface area (Å²) in [6.45, 7) is 9.58. The number of hydrogen-bond acceptors (Lipinski definition) is 7. The summed E-state index contributed by atoms with van der Waals surface area (Å²) in [5.74, 6) is 0.878. The van der Waals surface area contributed by atoms with Gasteiger partial charge in [-0.15, -0.1) is 0 Å². The first-order valence-electron chi connectivity index (χ1n) is 16.0. The van der Waals surface area contributed by atoms with Crippen molar-refractivity contribution in [2.45, 2.75) is 71.9 Å². The third kappa shape index (κ3) is 6.47. The van der Waals surface area contributed by atoms with Crippen LogP contribution in [0.25, 0.3) is 11.1 Å². The summed E-state index contributed by atoms with van der Waals surface area (Å²) >= 11 is 0. The monoisotopic (exact) mass is 623 g/mol. The number of nitrogens with zero attached hydrogens (tertiary/aromatic N) is 7. The van der Waals surface area contributed by atoms with Gasteiger partial charge in [0.15, 0.2) is 5.82 Å². The Kier molecular flexibility index (Phi) is 8.94. The van der Waals surface area contributed by atoms with Gasteiger partial charge >= 0.3 is 5.97 Å². The van der Waals surface area contributed by atoms with Crippen LogP contribution >= 0.6 is 0 Å². The molecular weight excluding hydrogens is 580 g/mol. The minimum Gasteiger partial charge on any atom is -0.464 e. The molecule has 1 amide bonds. The van der Waals surface area contributed by atoms with Crippen molar-refractivity contribution in [3.8, 4) is 11.1 Å². The predicted molar refractivity (Wildman–Crippen MR) is 166 cm³/mol. The van der Waals surface area contributed by atoms with Crippen molar-refractivity contribution in [2.75, 3.05) is 44.2 Å². The molecule has 10 nitrogen and oxygen atoms in total. The molecule has 1 saturated heterocycles. The van der Waals surface area contributed by atoms with E-state index in [9.17, 15) is 18.4 Å². The van der Waals surface area contributed by atoms with E-state index in [1.165, 1.54) is 0 Å². The molecule has 0 aliphatic carbocycles. The number of hydrogen-bond donors (Lipinski definition) is 0. The largest absolute Gasteiger partial charge is 0.464 e. The Hall–Kier alpha value is -3.80. The van der Waals surface area contributed by atoms with Crippen LogP contribution in [0.5, 0.6) is 0 Å². The van der Waals surface area contributed by atoms with E-state index in [1.807, 2.05) is 24.8 Å². The van der Waals surface area contributed by atoms with Crippen LogP contribution in [0.4, 0.5) is 20.3 Å². The van der Waals surface area contributed by atoms with Crippen LogP contribution in [0, 0.1) is 5.92 Å². The lowest BCUT2D eigenvalue weighted by molar-refractivity contribution is -0.146. The van der Waals surface area contributed by atoms with Crippen LogP contribution in [0.3, 0.4) is 0 Å². The minimum absolute atomic E-state index is 0.0113. The molecule has 0 saturated carbocycles. The van der Waals surface area contributed by atoms with Crippen LogP contribution in [-0.2, 0) is 40.8 Å². The minimum atomic E-state index is -2.65. The number of likely N-dealkylation sites (tertiary alicyclic amines) is 1. The number of esters is 1. The predicted octanol–water partition coefficient (Wildman–Crippen LogP) is 5.05. The summed E-state index contributed by atoms with van der Waals surface area (Å²) in [5, 5.41) is 9.43. The number of aryl methyl sites for hydroxylation is 2. The summed E-state index contributed by atoms with van der Waals surface area (Å²) < 4.78 is 38.2. The van der Waals surface area contributed by atoms with Crippen molar-refractivity contribution in [3.05, 3.63) is 46.9 Å². The molecule has 0 radical (unpaired) electrons. The van der Waals surface area contributed by atoms with E-state index >= 15 is 0 Å². The zero-order valence-electron chi connectivity index (χ0n) is 26.6. The third-order valence-corrected chi connectivity index (χ3v) is 9.22. The molecule has 242 valence electrons. The van der Waals surface area contributed by atoms with Gasteiger partial charge in [0.1, 0.15) is 0 Å². The number of carbonyl (C=O) groups is 2. The molecular formula is C33H43F2N7O3. The maximum Gasteiger partial charge on any atom is 0.320 e. The lowest BCUT2D eigenvalue weighted by atomic mass is 9.92. The number of fused-ring (bicyclic) bond motifs is 2. The van der Waals surface area contributed by atoms with Crippen LogP contribution in [0.2, 0.25) is 0 Å². The number of anilines is 2. The van der Waals surface area contributed by atoms with Gasteiger partial charge in [-0.2, -0.15) is 10.2 Å². The number of rotatable bonds is 8. The molecule has 3 aliphatic heterocycles. The average molecular weight is 624 g/mol. The highest BCUT2D eigenvalue weighted by Crippen LogP contribution is 2.43. The fraction of sp³-hybridized carbons (Fsp3) is 0.576. The molecule has 0 atom stereocenters. The molecule has 12 heteroatoms. The molecule has 5 heterocycles. The van der Waals surface area contributed by atoms with Crippen LogP contribution in [0.15, 0.2) is 24.5 Å². The van der Waals surface area contributed by atoms with Crippen LogP contribution in [-0.4, -0.2) is 80.6 Å². The first kappa shape index (κ1) is 31.2. The van der Waals surface area contributed by atoms with E-state index in [1.54, 1.807) is 37.1 Å². The topological polar surface area (TPSA) is 88.7 Å². The number of aromatic nitrogens is 4. The zero-order chi connectivity index (χ0) is 31.8. The molecule has 2 aromatic heterocycles. The van der Waals surface area contributed by atoms with Gasteiger partial charge in [-0.05, 0) is 54.9 Å². The molecule has 1 aromatic carbocycles. The van der Waals surface area contributed by atoms with E-state index in [0.717, 1.165) is 67.1 Å². The SMILES string of the molecule is CC(=O)N1CCc2c(c(N3CCCc4cc(-c5cnn(C)c5)c(C(F)F)cc43)nn2C2CCN(CC(=O)OCC(C)C)CC2)C1. The standard InChI is InChI=1S/C33H43F2N7O3/c1-21(2)20-45-31(44)19-39-11-7-25(8-12-39)42-29-9-13-40(22(3)43)18-28(29)33(37-42)41-10-5-6-23-14-26(24-16-36-38(4)17-24)27(32(34)35)15-30(23)41/h14-17,21,25,32H,5-13,18-20H2,1-4H3. The van der Waals surface area contributed by atoms with Gasteiger partial charge in [-0.25, -0.2) is 8.78 Å². The molecule has 0 N–H and O–H groups in total. The fourth-order valence-corrected chi connectivity index (χ4v) is 6.89. The Balaban J connectivity index is 1.31. The highest BCUT2D eigenvalue weighted by molar-refractivity contribution is 5.78. The number of carbonyl (C=O) groups excluding carboxylic acids is 2. The molecule has 3 aliphatic rings. The lowest BCUT2D eigenvalue weighted by Gasteiger charge is -2.33. The quantitative estimate of drug-likeness (QED) is 0.325. The van der Waals surface area contributed by atoms with E-state index in [4.69, 9.17) is 9.84 Å². The van der Waals surface area contributed by atoms with E-state index in [-0.39, 0.29) is 30.0 Å². The molecule has 3 aromatic rings. The Morgan fingerprint density at radius 1 is 1.09 bits per heavy atom. The van der Waals surface area contributed by atoms with Crippen molar-refractivity contribution in [1.29, 1.82) is 0 Å². The van der Waals surface area contributed by atoms with Gasteiger partial charge in [-0.1, -0.05) is 13.8 Å². The van der Waals surface area contributed by atoms with Gasteiger partial charge in [0.05, 0.1) is 31.9 Å². The van der Waals surface area contributed by atoms with Gasteiger partial charge in [-0.3, -0.25) is 23.9 Å². The Bertz CT molecular complexity index is 1560. The van der Waals surface area contributed by atoms with Crippen LogP contribution < -0.4 is 4.90 Å². The maximum atomic E-state index is 14.5. The van der Waals surface area contributed by atoms with E-state index in [2.05, 4.69) is 19.6 Å². The first-order valence-corrected chi connectivity index (χ1v) is 16.0. The summed E-state index contributed by atoms with van der Waals surface area (Å²) in [5.41, 5.74) is 5.03. The average Bonchev–Trinajstić information content (AvgIpc) is 3.62. The highest BCUT2D eigenvalue weighted by atomic mass is 19.3. The molecule has 0 bridgehead atoms. The van der Waals surface area contributed by atoms with Crippen molar-refractivity contribution < 1.29 is 23.1 Å². The zero-order valence-corrected chi connectivity index (χ0v) is 26.6. The normalized spacial score (nSPS) is 17.6. The van der Waals surface area contributed by atoms with Crippen molar-refractivity contribution in [2.24, 2.45) is 13.0 Å². The second kappa shape index (κ2) is 12.9. The molecule has 6 rings (SSSR count). The van der Waals surface area contributed by atoms with Gasteiger partial charge in [0.2, 0.25) is 5.91 Å². The van der Waals surface area contributed by atoms with E-state index in [0.29, 0.717) is 49.7 Å². The Morgan fingerprint density at radius 3 is 2.53 bits per heavy atom. The van der Waals surface area contributed by atoms with Gasteiger partial charge < -0.3 is 14.5 Å². The molecule has 45 heavy (non-hydrogen) atoms. The Morgan fingerprint density at radius 2 is 1.87 bits per heavy atom. The van der Waals surface area contributed by atoms with Crippen LogP contribution in [0.1, 0.15) is 74.9 Å². The van der Waals surface area contributed by atoms with Gasteiger partial charge in [0, 0.05) is 80.8 Å². The number of ether oxygens (including phenoxy) is 1. The van der Waals surface area contributed by atoms with Gasteiger partial charge in [0.25, 0.3) is 6.43 Å². The second-order valence-corrected chi connectivity index (χ2v) is 13.0. The second-order valence-electron chi connectivity index (χ2n) is 13.0. The van der Waals surface area contributed by atoms with Crippen molar-refractivity contribution in [3.63, 3.8) is 0 Å². The number of benzene rings is 1. The lowest BCUT2D eigenvalue weighted by Crippen LogP contribution is -2.40. The molecule has 0 unspecified atom stereocenters. The summed E-state index contributed by atoms with van der Waals surface area (Å²) in [6, 6.07) is 3.68. The molecule has 0 spiro atoms. The van der Waals surface area contributed by atoms with E-state index < -0.39 is 6.43 Å². The fourth-order valence-electron chi connectivity index (χ4n) is 6.89. The third-order valence-electron chi connectivity index (χ3n) is 9.22. The maximum absolute atomic E-state index is 14.5. The number of alkyl halides is 2. The Labute approximate surface area is 262 Å². The number of piperidine rings is 1. The first-order chi connectivity index (χ1) is 21.6. The highest BCUT2D eigenvalue weighted by Gasteiger charge is 2.35. The number of amides is 1.